The first-order valence-corrected chi connectivity index (χ1v) is 11.8. The Morgan fingerprint density at radius 3 is 2.36 bits per heavy atom. The van der Waals surface area contributed by atoms with Gasteiger partial charge < -0.3 is 4.98 Å². The van der Waals surface area contributed by atoms with E-state index >= 15 is 0 Å². The first kappa shape index (κ1) is 22.6. The molecule has 170 valence electrons. The van der Waals surface area contributed by atoms with Crippen LogP contribution in [-0.2, 0) is 22.4 Å². The van der Waals surface area contributed by atoms with Gasteiger partial charge in [0.25, 0.3) is 5.56 Å². The Balaban J connectivity index is 1.91. The summed E-state index contributed by atoms with van der Waals surface area (Å²) in [6, 6.07) is 9.29. The minimum Gasteiger partial charge on any atom is -0.310 e. The molecule has 4 aromatic rings. The van der Waals surface area contributed by atoms with E-state index in [1.807, 2.05) is 0 Å². The normalized spacial score (nSPS) is 12.2. The van der Waals surface area contributed by atoms with Crippen LogP contribution in [-0.4, -0.2) is 40.4 Å². The highest BCUT2D eigenvalue weighted by Crippen LogP contribution is 2.32. The molecule has 1 aromatic carbocycles. The van der Waals surface area contributed by atoms with Gasteiger partial charge >= 0.3 is 6.18 Å². The van der Waals surface area contributed by atoms with Crippen molar-refractivity contribution in [3.8, 4) is 22.5 Å². The van der Waals surface area contributed by atoms with Crippen LogP contribution < -0.4 is 5.56 Å². The van der Waals surface area contributed by atoms with Crippen molar-refractivity contribution in [2.24, 2.45) is 0 Å². The number of fused-ring (bicyclic) bond motifs is 1. The second-order valence-corrected chi connectivity index (χ2v) is 9.72. The predicted octanol–water partition coefficient (Wildman–Crippen LogP) is 3.65. The molecule has 0 radical (unpaired) electrons. The van der Waals surface area contributed by atoms with Crippen LogP contribution in [0, 0.1) is 0 Å². The number of nitrogens with zero attached hydrogens (tertiary/aromatic N) is 3. The molecule has 7 nitrogen and oxygen atoms in total. The van der Waals surface area contributed by atoms with E-state index in [2.05, 4.69) is 19.9 Å². The number of hydrogen-bond acceptors (Lipinski definition) is 6. The molecule has 0 fully saturated rings. The molecular weight excluding hydrogens is 457 g/mol. The molecule has 3 aromatic heterocycles. The van der Waals surface area contributed by atoms with E-state index in [1.165, 1.54) is 24.4 Å². The molecule has 0 bridgehead atoms. The van der Waals surface area contributed by atoms with Gasteiger partial charge in [0.1, 0.15) is 21.2 Å². The zero-order valence-corrected chi connectivity index (χ0v) is 18.0. The Morgan fingerprint density at radius 1 is 1.03 bits per heavy atom. The number of sulfone groups is 1. The number of alkyl halides is 3. The fourth-order valence-electron chi connectivity index (χ4n) is 3.27. The Hall–Kier alpha value is -3.60. The lowest BCUT2D eigenvalue weighted by molar-refractivity contribution is -0.137. The standard InChI is InChI=1S/C22H17F3N4O3S/c1-33(31,32)10-8-18-28-20-16(21(30)29-18)11-17(27-19(20)14-3-2-9-26-12-14)13-4-6-15(7-5-13)22(23,24)25/h2-7,9,11-12H,8,10H2,1H3,(H,28,29,30). The van der Waals surface area contributed by atoms with Crippen LogP contribution in [0.15, 0.2) is 59.7 Å². The summed E-state index contributed by atoms with van der Waals surface area (Å²) in [5, 5.41) is 0.168. The third-order valence-electron chi connectivity index (χ3n) is 4.89. The molecule has 0 spiro atoms. The topological polar surface area (TPSA) is 106 Å². The maximum absolute atomic E-state index is 12.9. The molecule has 0 aliphatic carbocycles. The second-order valence-electron chi connectivity index (χ2n) is 7.46. The Morgan fingerprint density at radius 2 is 1.76 bits per heavy atom. The van der Waals surface area contributed by atoms with Gasteiger partial charge in [-0.2, -0.15) is 13.2 Å². The van der Waals surface area contributed by atoms with Crippen LogP contribution in [0.4, 0.5) is 13.2 Å². The molecule has 0 saturated carbocycles. The number of aryl methyl sites for hydroxylation is 1. The minimum absolute atomic E-state index is 0.0111. The van der Waals surface area contributed by atoms with Crippen molar-refractivity contribution >= 4 is 20.7 Å². The van der Waals surface area contributed by atoms with Crippen LogP contribution in [0.25, 0.3) is 33.4 Å². The summed E-state index contributed by atoms with van der Waals surface area (Å²) in [5.41, 5.74) is 0.456. The van der Waals surface area contributed by atoms with Gasteiger partial charge in [-0.3, -0.25) is 9.78 Å². The second kappa shape index (κ2) is 8.39. The number of aromatic amines is 1. The zero-order valence-electron chi connectivity index (χ0n) is 17.2. The van der Waals surface area contributed by atoms with E-state index in [9.17, 15) is 26.4 Å². The summed E-state index contributed by atoms with van der Waals surface area (Å²) >= 11 is 0. The van der Waals surface area contributed by atoms with Crippen molar-refractivity contribution in [2.75, 3.05) is 12.0 Å². The molecule has 0 atom stereocenters. The van der Waals surface area contributed by atoms with Crippen molar-refractivity contribution in [3.63, 3.8) is 0 Å². The van der Waals surface area contributed by atoms with Crippen molar-refractivity contribution < 1.29 is 21.6 Å². The number of halogens is 3. The van der Waals surface area contributed by atoms with Gasteiger partial charge in [0.05, 0.1) is 28.1 Å². The Labute approximate surface area is 186 Å². The van der Waals surface area contributed by atoms with Crippen molar-refractivity contribution in [3.05, 3.63) is 76.6 Å². The van der Waals surface area contributed by atoms with Crippen LogP contribution in [0.5, 0.6) is 0 Å². The van der Waals surface area contributed by atoms with Gasteiger partial charge in [0.2, 0.25) is 0 Å². The molecule has 11 heteroatoms. The van der Waals surface area contributed by atoms with E-state index in [4.69, 9.17) is 0 Å². The third-order valence-corrected chi connectivity index (χ3v) is 5.84. The van der Waals surface area contributed by atoms with Crippen molar-refractivity contribution in [2.45, 2.75) is 12.6 Å². The number of pyridine rings is 2. The number of aromatic nitrogens is 4. The van der Waals surface area contributed by atoms with E-state index in [0.717, 1.165) is 18.4 Å². The first-order valence-electron chi connectivity index (χ1n) is 9.71. The summed E-state index contributed by atoms with van der Waals surface area (Å²) in [5.74, 6) is -0.00654. The van der Waals surface area contributed by atoms with Crippen LogP contribution in [0.2, 0.25) is 0 Å². The maximum Gasteiger partial charge on any atom is 0.416 e. The van der Waals surface area contributed by atoms with Crippen molar-refractivity contribution in [1.29, 1.82) is 0 Å². The van der Waals surface area contributed by atoms with Crippen LogP contribution in [0.3, 0.4) is 0 Å². The maximum atomic E-state index is 12.9. The third kappa shape index (κ3) is 5.08. The molecule has 1 N–H and O–H groups in total. The van der Waals surface area contributed by atoms with E-state index in [1.54, 1.807) is 18.3 Å². The number of benzene rings is 1. The molecule has 0 aliphatic heterocycles. The molecule has 0 aliphatic rings. The minimum atomic E-state index is -4.47. The van der Waals surface area contributed by atoms with E-state index in [0.29, 0.717) is 16.8 Å². The highest BCUT2D eigenvalue weighted by molar-refractivity contribution is 7.90. The van der Waals surface area contributed by atoms with E-state index in [-0.39, 0.29) is 34.6 Å². The molecule has 0 amide bonds. The van der Waals surface area contributed by atoms with Gasteiger partial charge in [-0.1, -0.05) is 12.1 Å². The molecule has 0 unspecified atom stereocenters. The fourth-order valence-corrected chi connectivity index (χ4v) is 3.83. The van der Waals surface area contributed by atoms with Gasteiger partial charge in [-0.15, -0.1) is 0 Å². The largest absolute Gasteiger partial charge is 0.416 e. The zero-order chi connectivity index (χ0) is 23.8. The summed E-state index contributed by atoms with van der Waals surface area (Å²) in [7, 11) is -3.28. The number of H-pyrrole nitrogens is 1. The lowest BCUT2D eigenvalue weighted by atomic mass is 10.0. The molecule has 3 heterocycles. The first-order chi connectivity index (χ1) is 15.5. The van der Waals surface area contributed by atoms with Gasteiger partial charge in [0.15, 0.2) is 0 Å². The smallest absolute Gasteiger partial charge is 0.310 e. The monoisotopic (exact) mass is 474 g/mol. The van der Waals surface area contributed by atoms with E-state index < -0.39 is 27.1 Å². The molecule has 4 rings (SSSR count). The number of hydrogen-bond donors (Lipinski definition) is 1. The number of rotatable bonds is 5. The molecular formula is C22H17F3N4O3S. The summed E-state index contributed by atoms with van der Waals surface area (Å²) in [4.78, 5) is 28.5. The Kier molecular flexibility index (Phi) is 5.75. The lowest BCUT2D eigenvalue weighted by Gasteiger charge is -2.11. The average molecular weight is 474 g/mol. The fraction of sp³-hybridized carbons (Fsp3) is 0.182. The van der Waals surface area contributed by atoms with Crippen LogP contribution >= 0.6 is 0 Å². The average Bonchev–Trinajstić information content (AvgIpc) is 2.77. The lowest BCUT2D eigenvalue weighted by Crippen LogP contribution is -2.16. The quantitative estimate of drug-likeness (QED) is 0.473. The van der Waals surface area contributed by atoms with Crippen LogP contribution in [0.1, 0.15) is 11.4 Å². The number of nitrogens with one attached hydrogen (secondary N) is 1. The summed E-state index contributed by atoms with van der Waals surface area (Å²) in [6.45, 7) is 0. The van der Waals surface area contributed by atoms with Crippen molar-refractivity contribution in [1.82, 2.24) is 19.9 Å². The molecule has 33 heavy (non-hydrogen) atoms. The van der Waals surface area contributed by atoms with Gasteiger partial charge in [-0.05, 0) is 30.3 Å². The van der Waals surface area contributed by atoms with Gasteiger partial charge in [0, 0.05) is 36.2 Å². The highest BCUT2D eigenvalue weighted by atomic mass is 32.2. The SMILES string of the molecule is CS(=O)(=O)CCc1nc2c(-c3cccnc3)nc(-c3ccc(C(F)(F)F)cc3)cc2c(=O)[nH]1. The summed E-state index contributed by atoms with van der Waals surface area (Å²) in [6.07, 6.45) is -0.289. The Bertz CT molecular complexity index is 1480. The van der Waals surface area contributed by atoms with Gasteiger partial charge in [-0.25, -0.2) is 18.4 Å². The predicted molar refractivity (Wildman–Crippen MR) is 117 cm³/mol. The molecule has 0 saturated heterocycles. The summed E-state index contributed by atoms with van der Waals surface area (Å²) < 4.78 is 61.8. The highest BCUT2D eigenvalue weighted by Gasteiger charge is 2.30.